The first-order chi connectivity index (χ1) is 18.5. The lowest BCUT2D eigenvalue weighted by molar-refractivity contribution is -0.141. The summed E-state index contributed by atoms with van der Waals surface area (Å²) in [4.78, 5) is 20.4. The lowest BCUT2D eigenvalue weighted by atomic mass is 9.87. The molecule has 0 aliphatic carbocycles. The van der Waals surface area contributed by atoms with Crippen LogP contribution in [0.25, 0.3) is 0 Å². The third kappa shape index (κ3) is 10.4. The van der Waals surface area contributed by atoms with E-state index in [2.05, 4.69) is 88.1 Å². The molecule has 1 saturated heterocycles. The Hall–Kier alpha value is -2.08. The molecule has 1 aliphatic heterocycles. The van der Waals surface area contributed by atoms with Gasteiger partial charge < -0.3 is 15.5 Å². The largest absolute Gasteiger partial charge is 0.433 e. The Morgan fingerprint density at radius 2 is 1.72 bits per heavy atom. The normalized spacial score (nSPS) is 15.0. The third-order valence-electron chi connectivity index (χ3n) is 7.03. The van der Waals surface area contributed by atoms with Crippen LogP contribution in [-0.4, -0.2) is 64.0 Å². The van der Waals surface area contributed by atoms with Crippen molar-refractivity contribution in [2.45, 2.75) is 70.5 Å². The average molecular weight is 660 g/mol. The van der Waals surface area contributed by atoms with Crippen LogP contribution in [0.15, 0.2) is 42.6 Å². The number of alkyl halides is 4. The van der Waals surface area contributed by atoms with Crippen LogP contribution >= 0.6 is 22.6 Å². The SMILES string of the molecule is CC(C)(C)c1ccc(NCCCN(CI)CCCC(=O)N2CCC(Nc3ccnc(C(F)(F)F)c3)CC2)cc1. The second-order valence-electron chi connectivity index (χ2n) is 11.2. The van der Waals surface area contributed by atoms with Gasteiger partial charge in [0.2, 0.25) is 5.91 Å². The van der Waals surface area contributed by atoms with Gasteiger partial charge >= 0.3 is 6.18 Å². The number of hydrogen-bond acceptors (Lipinski definition) is 5. The van der Waals surface area contributed by atoms with E-state index in [0.29, 0.717) is 38.0 Å². The van der Waals surface area contributed by atoms with Gasteiger partial charge in [0.1, 0.15) is 5.69 Å². The van der Waals surface area contributed by atoms with Crippen molar-refractivity contribution in [3.05, 3.63) is 53.9 Å². The Labute approximate surface area is 244 Å². The second-order valence-corrected chi connectivity index (χ2v) is 11.9. The van der Waals surface area contributed by atoms with E-state index in [1.54, 1.807) is 6.07 Å². The first kappa shape index (κ1) is 31.4. The molecule has 1 amide bonds. The Kier molecular flexibility index (Phi) is 11.7. The number of nitrogens with zero attached hydrogens (tertiary/aromatic N) is 3. The van der Waals surface area contributed by atoms with Crippen LogP contribution in [0.2, 0.25) is 0 Å². The van der Waals surface area contributed by atoms with Crippen LogP contribution < -0.4 is 10.6 Å². The van der Waals surface area contributed by atoms with Gasteiger partial charge in [-0.25, -0.2) is 0 Å². The first-order valence-electron chi connectivity index (χ1n) is 13.7. The number of halogens is 4. The number of carbonyl (C=O) groups is 1. The number of rotatable bonds is 12. The highest BCUT2D eigenvalue weighted by molar-refractivity contribution is 14.1. The topological polar surface area (TPSA) is 60.5 Å². The monoisotopic (exact) mass is 659 g/mol. The molecule has 1 aliphatic rings. The van der Waals surface area contributed by atoms with Crippen LogP contribution in [0.4, 0.5) is 24.5 Å². The molecular weight excluding hydrogens is 618 g/mol. The van der Waals surface area contributed by atoms with Crippen molar-refractivity contribution in [1.29, 1.82) is 0 Å². The standard InChI is InChI=1S/C29H41F3IN5O/c1-28(2,3)22-7-9-23(10-8-22)34-14-5-17-37(21-33)16-4-6-27(39)38-18-12-24(13-19-38)36-25-11-15-35-26(20-25)29(30,31)32/h7-11,15,20,24,34H,4-6,12-14,16-19,21H2,1-3H3,(H,35,36). The number of anilines is 2. The fourth-order valence-corrected chi connectivity index (χ4v) is 5.33. The minimum atomic E-state index is -4.46. The molecule has 2 N–H and O–H groups in total. The maximum Gasteiger partial charge on any atom is 0.433 e. The van der Waals surface area contributed by atoms with Crippen molar-refractivity contribution in [3.63, 3.8) is 0 Å². The van der Waals surface area contributed by atoms with E-state index in [0.717, 1.165) is 48.8 Å². The summed E-state index contributed by atoms with van der Waals surface area (Å²) in [5.41, 5.74) is 2.13. The fourth-order valence-electron chi connectivity index (χ4n) is 4.65. The molecule has 10 heteroatoms. The van der Waals surface area contributed by atoms with Crippen LogP contribution in [0, 0.1) is 0 Å². The predicted molar refractivity (Wildman–Crippen MR) is 160 cm³/mol. The molecule has 0 spiro atoms. The molecule has 0 unspecified atom stereocenters. The average Bonchev–Trinajstić information content (AvgIpc) is 2.90. The molecule has 1 aromatic heterocycles. The number of nitrogens with one attached hydrogen (secondary N) is 2. The van der Waals surface area contributed by atoms with Crippen molar-refractivity contribution in [2.75, 3.05) is 47.9 Å². The first-order valence-corrected chi connectivity index (χ1v) is 15.2. The zero-order chi connectivity index (χ0) is 28.5. The Balaban J connectivity index is 1.30. The van der Waals surface area contributed by atoms with Gasteiger partial charge in [-0.2, -0.15) is 13.2 Å². The number of aromatic nitrogens is 1. The van der Waals surface area contributed by atoms with E-state index >= 15 is 0 Å². The molecule has 6 nitrogen and oxygen atoms in total. The predicted octanol–water partition coefficient (Wildman–Crippen LogP) is 6.78. The number of piperidine rings is 1. The fraction of sp³-hybridized carbons (Fsp3) is 0.586. The summed E-state index contributed by atoms with van der Waals surface area (Å²) in [5, 5.41) is 6.67. The molecule has 0 saturated carbocycles. The number of likely N-dealkylation sites (tertiary alicyclic amines) is 1. The van der Waals surface area contributed by atoms with E-state index in [4.69, 9.17) is 0 Å². The number of hydrogen-bond donors (Lipinski definition) is 2. The quantitative estimate of drug-likeness (QED) is 0.114. The summed E-state index contributed by atoms with van der Waals surface area (Å²) in [6, 6.07) is 11.3. The maximum absolute atomic E-state index is 12.9. The molecule has 0 radical (unpaired) electrons. The van der Waals surface area contributed by atoms with E-state index in [1.807, 2.05) is 4.90 Å². The van der Waals surface area contributed by atoms with Crippen LogP contribution in [0.1, 0.15) is 64.1 Å². The van der Waals surface area contributed by atoms with Gasteiger partial charge in [-0.15, -0.1) is 0 Å². The van der Waals surface area contributed by atoms with Crippen LogP contribution in [0.3, 0.4) is 0 Å². The molecule has 2 aromatic rings. The van der Waals surface area contributed by atoms with Gasteiger partial charge in [0.05, 0.1) is 4.55 Å². The van der Waals surface area contributed by atoms with Crippen LogP contribution in [-0.2, 0) is 16.4 Å². The van der Waals surface area contributed by atoms with Crippen molar-refractivity contribution < 1.29 is 18.0 Å². The van der Waals surface area contributed by atoms with E-state index in [-0.39, 0.29) is 17.4 Å². The van der Waals surface area contributed by atoms with E-state index in [9.17, 15) is 18.0 Å². The summed E-state index contributed by atoms with van der Waals surface area (Å²) >= 11 is 2.38. The molecule has 0 bridgehead atoms. The lowest BCUT2D eigenvalue weighted by Gasteiger charge is -2.33. The summed E-state index contributed by atoms with van der Waals surface area (Å²) < 4.78 is 39.6. The van der Waals surface area contributed by atoms with Gasteiger partial charge in [-0.05, 0) is 67.5 Å². The minimum absolute atomic E-state index is 0.0390. The highest BCUT2D eigenvalue weighted by Crippen LogP contribution is 2.29. The molecule has 216 valence electrons. The highest BCUT2D eigenvalue weighted by Gasteiger charge is 2.32. The molecule has 1 fully saturated rings. The third-order valence-corrected chi connectivity index (χ3v) is 8.00. The minimum Gasteiger partial charge on any atom is -0.385 e. The molecule has 39 heavy (non-hydrogen) atoms. The molecule has 3 rings (SSSR count). The Morgan fingerprint density at radius 3 is 2.33 bits per heavy atom. The summed E-state index contributed by atoms with van der Waals surface area (Å²) in [7, 11) is 0. The molecule has 2 heterocycles. The van der Waals surface area contributed by atoms with Gasteiger partial charge in [0.25, 0.3) is 0 Å². The highest BCUT2D eigenvalue weighted by atomic mass is 127. The second kappa shape index (κ2) is 14.5. The van der Waals surface area contributed by atoms with E-state index in [1.165, 1.54) is 11.8 Å². The van der Waals surface area contributed by atoms with Gasteiger partial charge in [0, 0.05) is 56.2 Å². The smallest absolute Gasteiger partial charge is 0.385 e. The Bertz CT molecular complexity index is 1030. The summed E-state index contributed by atoms with van der Waals surface area (Å²) in [5.74, 6) is 0.158. The van der Waals surface area contributed by atoms with Crippen molar-refractivity contribution in [2.24, 2.45) is 0 Å². The van der Waals surface area contributed by atoms with Gasteiger partial charge in [-0.3, -0.25) is 14.7 Å². The van der Waals surface area contributed by atoms with Crippen LogP contribution in [0.5, 0.6) is 0 Å². The van der Waals surface area contributed by atoms with Crippen molar-refractivity contribution in [3.8, 4) is 0 Å². The number of amides is 1. The number of pyridine rings is 1. The Morgan fingerprint density at radius 1 is 1.05 bits per heavy atom. The summed E-state index contributed by atoms with van der Waals surface area (Å²) in [6.45, 7) is 10.6. The lowest BCUT2D eigenvalue weighted by Crippen LogP contribution is -2.42. The van der Waals surface area contributed by atoms with Gasteiger partial charge in [0.15, 0.2) is 0 Å². The van der Waals surface area contributed by atoms with E-state index < -0.39 is 11.9 Å². The zero-order valence-corrected chi connectivity index (χ0v) is 25.3. The van der Waals surface area contributed by atoms with Crippen molar-refractivity contribution >= 4 is 39.9 Å². The molecule has 0 atom stereocenters. The van der Waals surface area contributed by atoms with Gasteiger partial charge in [-0.1, -0.05) is 55.5 Å². The maximum atomic E-state index is 12.9. The van der Waals surface area contributed by atoms with Crippen molar-refractivity contribution in [1.82, 2.24) is 14.8 Å². The number of carbonyl (C=O) groups excluding carboxylic acids is 1. The zero-order valence-electron chi connectivity index (χ0n) is 23.2. The number of benzene rings is 1. The molecular formula is C29H41F3IN5O. The summed E-state index contributed by atoms with van der Waals surface area (Å²) in [6.07, 6.45) is 0.492. The molecule has 1 aromatic carbocycles.